The largest absolute Gasteiger partial charge is 0.481 e. The van der Waals surface area contributed by atoms with Gasteiger partial charge in [-0.1, -0.05) is 0 Å². The summed E-state index contributed by atoms with van der Waals surface area (Å²) < 4.78 is 0. The SMILES string of the molecule is CSCCC(NC(=O)C(N)CC(=O)O)C(=O)NC(CCC(=O)O)C(=O)N1CCCC1C(=O)O. The van der Waals surface area contributed by atoms with Gasteiger partial charge in [-0.25, -0.2) is 4.79 Å². The number of nitrogens with zero attached hydrogens (tertiary/aromatic N) is 1. The number of likely N-dealkylation sites (tertiary alicyclic amines) is 1. The van der Waals surface area contributed by atoms with Crippen molar-refractivity contribution in [1.82, 2.24) is 15.5 Å². The first-order valence-corrected chi connectivity index (χ1v) is 11.7. The lowest BCUT2D eigenvalue weighted by Crippen LogP contribution is -2.57. The van der Waals surface area contributed by atoms with Crippen molar-refractivity contribution in [2.24, 2.45) is 5.73 Å². The Bertz CT molecular complexity index is 764. The Kier molecular flexibility index (Phi) is 11.6. The van der Waals surface area contributed by atoms with Gasteiger partial charge in [-0.15, -0.1) is 0 Å². The highest BCUT2D eigenvalue weighted by atomic mass is 32.2. The van der Waals surface area contributed by atoms with Crippen molar-refractivity contribution in [1.29, 1.82) is 0 Å². The molecule has 0 aromatic rings. The third-order valence-corrected chi connectivity index (χ3v) is 5.70. The monoisotopic (exact) mass is 490 g/mol. The molecule has 0 aromatic heterocycles. The number of amides is 3. The van der Waals surface area contributed by atoms with E-state index in [0.29, 0.717) is 12.2 Å². The fourth-order valence-electron chi connectivity index (χ4n) is 3.35. The van der Waals surface area contributed by atoms with Gasteiger partial charge in [-0.2, -0.15) is 11.8 Å². The number of thioether (sulfide) groups is 1. The van der Waals surface area contributed by atoms with Crippen molar-refractivity contribution in [2.75, 3.05) is 18.6 Å². The second-order valence-corrected chi connectivity index (χ2v) is 8.55. The number of nitrogens with two attached hydrogens (primary N) is 1. The molecule has 1 fully saturated rings. The Morgan fingerprint density at radius 1 is 1.00 bits per heavy atom. The standard InChI is InChI=1S/C19H30N4O9S/c1-33-8-6-11(21-16(28)10(20)9-15(26)27)17(29)22-12(4-5-14(24)25)18(30)23-7-2-3-13(23)19(31)32/h10-13H,2-9,20H2,1H3,(H,21,28)(H,22,29)(H,24,25)(H,26,27)(H,31,32). The molecule has 3 amide bonds. The molecule has 33 heavy (non-hydrogen) atoms. The number of hydrogen-bond donors (Lipinski definition) is 6. The quantitative estimate of drug-likeness (QED) is 0.164. The van der Waals surface area contributed by atoms with Gasteiger partial charge in [0, 0.05) is 13.0 Å². The molecule has 186 valence electrons. The van der Waals surface area contributed by atoms with E-state index in [2.05, 4.69) is 10.6 Å². The van der Waals surface area contributed by atoms with Crippen molar-refractivity contribution in [3.63, 3.8) is 0 Å². The minimum Gasteiger partial charge on any atom is -0.481 e. The second kappa shape index (κ2) is 13.6. The maximum Gasteiger partial charge on any atom is 0.326 e. The second-order valence-electron chi connectivity index (χ2n) is 7.57. The molecule has 7 N–H and O–H groups in total. The lowest BCUT2D eigenvalue weighted by atomic mass is 10.1. The Hall–Kier alpha value is -2.87. The Morgan fingerprint density at radius 2 is 1.64 bits per heavy atom. The van der Waals surface area contributed by atoms with Crippen LogP contribution >= 0.6 is 11.8 Å². The van der Waals surface area contributed by atoms with Crippen LogP contribution in [-0.4, -0.2) is 98.6 Å². The molecule has 1 heterocycles. The summed E-state index contributed by atoms with van der Waals surface area (Å²) in [6, 6.07) is -4.92. The van der Waals surface area contributed by atoms with E-state index in [4.69, 9.17) is 15.9 Å². The summed E-state index contributed by atoms with van der Waals surface area (Å²) in [5.74, 6) is -5.61. The molecule has 0 aromatic carbocycles. The van der Waals surface area contributed by atoms with Gasteiger partial charge in [-0.3, -0.25) is 24.0 Å². The zero-order valence-electron chi connectivity index (χ0n) is 18.2. The predicted octanol–water partition coefficient (Wildman–Crippen LogP) is -1.55. The molecular weight excluding hydrogens is 460 g/mol. The van der Waals surface area contributed by atoms with Crippen LogP contribution in [0.25, 0.3) is 0 Å². The number of carbonyl (C=O) groups excluding carboxylic acids is 3. The molecule has 1 rings (SSSR count). The number of aliphatic carboxylic acids is 3. The first-order chi connectivity index (χ1) is 15.5. The van der Waals surface area contributed by atoms with Gasteiger partial charge in [0.1, 0.15) is 18.1 Å². The normalized spacial score (nSPS) is 18.1. The fourth-order valence-corrected chi connectivity index (χ4v) is 3.82. The summed E-state index contributed by atoms with van der Waals surface area (Å²) in [5.41, 5.74) is 5.54. The molecule has 0 aliphatic carbocycles. The Labute approximate surface area is 194 Å². The van der Waals surface area contributed by atoms with Gasteiger partial charge in [0.15, 0.2) is 0 Å². The van der Waals surface area contributed by atoms with Gasteiger partial charge in [0.2, 0.25) is 17.7 Å². The number of nitrogens with one attached hydrogen (secondary N) is 2. The van der Waals surface area contributed by atoms with Crippen molar-refractivity contribution in [2.45, 2.75) is 62.7 Å². The third-order valence-electron chi connectivity index (χ3n) is 5.06. The Morgan fingerprint density at radius 3 is 2.18 bits per heavy atom. The average molecular weight is 491 g/mol. The summed E-state index contributed by atoms with van der Waals surface area (Å²) in [6.07, 6.45) is 1.24. The predicted molar refractivity (Wildman–Crippen MR) is 116 cm³/mol. The molecular formula is C19H30N4O9S. The van der Waals surface area contributed by atoms with Gasteiger partial charge < -0.3 is 36.6 Å². The molecule has 14 heteroatoms. The van der Waals surface area contributed by atoms with Crippen LogP contribution in [-0.2, 0) is 28.8 Å². The van der Waals surface area contributed by atoms with E-state index in [1.54, 1.807) is 6.26 Å². The van der Waals surface area contributed by atoms with Crippen molar-refractivity contribution in [3.8, 4) is 0 Å². The first-order valence-electron chi connectivity index (χ1n) is 10.3. The van der Waals surface area contributed by atoms with Crippen molar-refractivity contribution in [3.05, 3.63) is 0 Å². The minimum absolute atomic E-state index is 0.139. The summed E-state index contributed by atoms with van der Waals surface area (Å²) >= 11 is 1.38. The van der Waals surface area contributed by atoms with Crippen LogP contribution in [0, 0.1) is 0 Å². The van der Waals surface area contributed by atoms with Crippen LogP contribution in [0.2, 0.25) is 0 Å². The molecule has 4 atom stereocenters. The highest BCUT2D eigenvalue weighted by Gasteiger charge is 2.38. The maximum atomic E-state index is 13.0. The van der Waals surface area contributed by atoms with Crippen LogP contribution in [0.1, 0.15) is 38.5 Å². The van der Waals surface area contributed by atoms with E-state index in [1.165, 1.54) is 11.8 Å². The van der Waals surface area contributed by atoms with E-state index in [9.17, 15) is 33.9 Å². The number of rotatable bonds is 14. The van der Waals surface area contributed by atoms with Crippen molar-refractivity contribution < 1.29 is 44.1 Å². The molecule has 0 spiro atoms. The van der Waals surface area contributed by atoms with Gasteiger partial charge in [0.05, 0.1) is 12.5 Å². The van der Waals surface area contributed by atoms with Crippen LogP contribution in [0.5, 0.6) is 0 Å². The first kappa shape index (κ1) is 28.2. The van der Waals surface area contributed by atoms with E-state index in [0.717, 1.165) is 4.90 Å². The smallest absolute Gasteiger partial charge is 0.326 e. The van der Waals surface area contributed by atoms with Crippen LogP contribution in [0.4, 0.5) is 0 Å². The highest BCUT2D eigenvalue weighted by Crippen LogP contribution is 2.20. The molecule has 0 saturated carbocycles. The molecule has 0 bridgehead atoms. The minimum atomic E-state index is -1.39. The van der Waals surface area contributed by atoms with Crippen LogP contribution < -0.4 is 16.4 Å². The molecule has 4 unspecified atom stereocenters. The molecule has 1 aliphatic rings. The topological polar surface area (TPSA) is 216 Å². The van der Waals surface area contributed by atoms with E-state index < -0.39 is 72.6 Å². The Balaban J connectivity index is 3.00. The zero-order chi connectivity index (χ0) is 25.1. The summed E-state index contributed by atoms with van der Waals surface area (Å²) in [7, 11) is 0. The van der Waals surface area contributed by atoms with E-state index in [-0.39, 0.29) is 25.8 Å². The number of hydrogen-bond acceptors (Lipinski definition) is 8. The molecule has 1 aliphatic heterocycles. The zero-order valence-corrected chi connectivity index (χ0v) is 19.0. The lowest BCUT2D eigenvalue weighted by molar-refractivity contribution is -0.150. The van der Waals surface area contributed by atoms with E-state index >= 15 is 0 Å². The summed E-state index contributed by atoms with van der Waals surface area (Å²) in [4.78, 5) is 72.4. The van der Waals surface area contributed by atoms with Crippen LogP contribution in [0.15, 0.2) is 0 Å². The van der Waals surface area contributed by atoms with Gasteiger partial charge in [-0.05, 0) is 37.7 Å². The molecule has 1 saturated heterocycles. The number of carboxylic acids is 3. The van der Waals surface area contributed by atoms with Gasteiger partial charge in [0.25, 0.3) is 0 Å². The number of carboxylic acid groups (broad SMARTS) is 3. The van der Waals surface area contributed by atoms with Gasteiger partial charge >= 0.3 is 17.9 Å². The average Bonchev–Trinajstić information content (AvgIpc) is 3.22. The van der Waals surface area contributed by atoms with Crippen LogP contribution in [0.3, 0.4) is 0 Å². The highest BCUT2D eigenvalue weighted by molar-refractivity contribution is 7.98. The summed E-state index contributed by atoms with van der Waals surface area (Å²) in [6.45, 7) is 0.159. The summed E-state index contributed by atoms with van der Waals surface area (Å²) in [5, 5.41) is 31.9. The molecule has 13 nitrogen and oxygen atoms in total. The van der Waals surface area contributed by atoms with E-state index in [1.807, 2.05) is 0 Å². The van der Waals surface area contributed by atoms with Crippen molar-refractivity contribution >= 4 is 47.4 Å². The molecule has 0 radical (unpaired) electrons. The number of carbonyl (C=O) groups is 6. The lowest BCUT2D eigenvalue weighted by Gasteiger charge is -2.28. The fraction of sp³-hybridized carbons (Fsp3) is 0.684. The maximum absolute atomic E-state index is 13.0. The third kappa shape index (κ3) is 9.26.